The number of nitro benzene ring substituents is 1. The van der Waals surface area contributed by atoms with E-state index in [-0.39, 0.29) is 5.69 Å². The van der Waals surface area contributed by atoms with Gasteiger partial charge in [-0.05, 0) is 19.4 Å². The van der Waals surface area contributed by atoms with Gasteiger partial charge in [0, 0.05) is 17.8 Å². The van der Waals surface area contributed by atoms with E-state index in [0.29, 0.717) is 5.69 Å². The lowest BCUT2D eigenvalue weighted by Gasteiger charge is -2.40. The number of non-ortho nitro benzene ring substituents is 1. The SMILES string of the molecule is Cc1ccc([N+](=O)[O-])cc1N[C@@H]1O[C@@H](C)[C@@H](O)[C@@H](O)[C@@H]1O. The highest BCUT2D eigenvalue weighted by molar-refractivity contribution is 5.57. The van der Waals surface area contributed by atoms with Crippen LogP contribution in [-0.4, -0.2) is 50.9 Å². The summed E-state index contributed by atoms with van der Waals surface area (Å²) in [6.07, 6.45) is -5.55. The molecule has 1 aromatic rings. The molecule has 116 valence electrons. The number of nitrogens with zero attached hydrogens (tertiary/aromatic N) is 1. The Hall–Kier alpha value is -1.74. The van der Waals surface area contributed by atoms with Gasteiger partial charge in [0.05, 0.1) is 11.0 Å². The van der Waals surface area contributed by atoms with Crippen LogP contribution in [0, 0.1) is 17.0 Å². The third-order valence-electron chi connectivity index (χ3n) is 3.58. The molecule has 1 fully saturated rings. The van der Waals surface area contributed by atoms with Gasteiger partial charge in [-0.1, -0.05) is 6.07 Å². The van der Waals surface area contributed by atoms with Gasteiger partial charge in [-0.2, -0.15) is 0 Å². The molecule has 21 heavy (non-hydrogen) atoms. The zero-order valence-electron chi connectivity index (χ0n) is 11.6. The van der Waals surface area contributed by atoms with E-state index < -0.39 is 35.6 Å². The third-order valence-corrected chi connectivity index (χ3v) is 3.58. The van der Waals surface area contributed by atoms with E-state index in [1.807, 2.05) is 0 Å². The normalized spacial score (nSPS) is 32.7. The minimum Gasteiger partial charge on any atom is -0.388 e. The van der Waals surface area contributed by atoms with Gasteiger partial charge in [-0.15, -0.1) is 0 Å². The van der Waals surface area contributed by atoms with Gasteiger partial charge in [0.15, 0.2) is 6.23 Å². The van der Waals surface area contributed by atoms with Gasteiger partial charge in [0.2, 0.25) is 0 Å². The molecular formula is C13H18N2O6. The van der Waals surface area contributed by atoms with Crippen molar-refractivity contribution >= 4 is 11.4 Å². The van der Waals surface area contributed by atoms with E-state index in [0.717, 1.165) is 5.56 Å². The third kappa shape index (κ3) is 3.13. The molecule has 8 heteroatoms. The molecule has 0 bridgehead atoms. The van der Waals surface area contributed by atoms with Crippen LogP contribution in [0.2, 0.25) is 0 Å². The summed E-state index contributed by atoms with van der Waals surface area (Å²) in [6, 6.07) is 4.28. The standard InChI is InChI=1S/C13H18N2O6/c1-6-3-4-8(15(19)20)5-9(6)14-13-12(18)11(17)10(16)7(2)21-13/h3-5,7,10-14,16-18H,1-2H3/t7-,10+,11+,12-,13+/m0/s1. The van der Waals surface area contributed by atoms with Crippen LogP contribution in [0.3, 0.4) is 0 Å². The van der Waals surface area contributed by atoms with Gasteiger partial charge in [-0.25, -0.2) is 0 Å². The van der Waals surface area contributed by atoms with Crippen molar-refractivity contribution in [1.82, 2.24) is 0 Å². The average molecular weight is 298 g/mol. The van der Waals surface area contributed by atoms with Crippen LogP contribution in [0.15, 0.2) is 18.2 Å². The maximum atomic E-state index is 10.8. The Morgan fingerprint density at radius 2 is 1.90 bits per heavy atom. The number of aliphatic hydroxyl groups is 3. The summed E-state index contributed by atoms with van der Waals surface area (Å²) < 4.78 is 5.40. The van der Waals surface area contributed by atoms with Gasteiger partial charge in [0.1, 0.15) is 18.3 Å². The summed E-state index contributed by atoms with van der Waals surface area (Å²) in [5.41, 5.74) is 1.05. The molecular weight excluding hydrogens is 280 g/mol. The zero-order valence-corrected chi connectivity index (χ0v) is 11.6. The number of rotatable bonds is 3. The summed E-state index contributed by atoms with van der Waals surface area (Å²) in [7, 11) is 0. The largest absolute Gasteiger partial charge is 0.388 e. The average Bonchev–Trinajstić information content (AvgIpc) is 2.44. The Morgan fingerprint density at radius 3 is 2.52 bits per heavy atom. The van der Waals surface area contributed by atoms with Crippen LogP contribution < -0.4 is 5.32 Å². The van der Waals surface area contributed by atoms with Crippen LogP contribution in [0.1, 0.15) is 12.5 Å². The monoisotopic (exact) mass is 298 g/mol. The molecule has 4 N–H and O–H groups in total. The van der Waals surface area contributed by atoms with Crippen LogP contribution in [0.25, 0.3) is 0 Å². The Morgan fingerprint density at radius 1 is 1.24 bits per heavy atom. The summed E-state index contributed by atoms with van der Waals surface area (Å²) in [6.45, 7) is 3.31. The molecule has 0 saturated carbocycles. The fraction of sp³-hybridized carbons (Fsp3) is 0.538. The van der Waals surface area contributed by atoms with E-state index in [9.17, 15) is 25.4 Å². The summed E-state index contributed by atoms with van der Waals surface area (Å²) in [5, 5.41) is 42.9. The maximum Gasteiger partial charge on any atom is 0.271 e. The van der Waals surface area contributed by atoms with Crippen LogP contribution in [0.5, 0.6) is 0 Å². The number of anilines is 1. The molecule has 1 saturated heterocycles. The molecule has 5 atom stereocenters. The van der Waals surface area contributed by atoms with E-state index in [1.165, 1.54) is 12.1 Å². The lowest BCUT2D eigenvalue weighted by Crippen LogP contribution is -2.58. The Kier molecular flexibility index (Phi) is 4.43. The highest BCUT2D eigenvalue weighted by Crippen LogP contribution is 2.26. The summed E-state index contributed by atoms with van der Waals surface area (Å²) in [5.74, 6) is 0. The zero-order chi connectivity index (χ0) is 15.7. The molecule has 0 amide bonds. The highest BCUT2D eigenvalue weighted by Gasteiger charge is 2.41. The first kappa shape index (κ1) is 15.6. The topological polar surface area (TPSA) is 125 Å². The van der Waals surface area contributed by atoms with Crippen LogP contribution in [-0.2, 0) is 4.74 Å². The van der Waals surface area contributed by atoms with E-state index in [4.69, 9.17) is 4.74 Å². The Labute approximate surface area is 121 Å². The quantitative estimate of drug-likeness (QED) is 0.462. The van der Waals surface area contributed by atoms with Crippen molar-refractivity contribution in [3.8, 4) is 0 Å². The van der Waals surface area contributed by atoms with Gasteiger partial charge >= 0.3 is 0 Å². The minimum absolute atomic E-state index is 0.0953. The van der Waals surface area contributed by atoms with Gasteiger partial charge < -0.3 is 25.4 Å². The molecule has 1 aliphatic heterocycles. The van der Waals surface area contributed by atoms with Crippen molar-refractivity contribution in [3.63, 3.8) is 0 Å². The number of nitro groups is 1. The molecule has 1 heterocycles. The molecule has 2 rings (SSSR count). The second kappa shape index (κ2) is 5.94. The predicted octanol–water partition coefficient (Wildman–Crippen LogP) is 0.143. The first-order valence-electron chi connectivity index (χ1n) is 6.52. The number of aliphatic hydroxyl groups excluding tert-OH is 3. The molecule has 8 nitrogen and oxygen atoms in total. The number of hydrogen-bond acceptors (Lipinski definition) is 7. The highest BCUT2D eigenvalue weighted by atomic mass is 16.6. The first-order chi connectivity index (χ1) is 9.81. The van der Waals surface area contributed by atoms with Crippen LogP contribution >= 0.6 is 0 Å². The number of nitrogens with one attached hydrogen (secondary N) is 1. The number of ether oxygens (including phenoxy) is 1. The van der Waals surface area contributed by atoms with Crippen molar-refractivity contribution < 1.29 is 25.0 Å². The molecule has 0 aromatic heterocycles. The predicted molar refractivity (Wildman–Crippen MR) is 73.8 cm³/mol. The molecule has 0 radical (unpaired) electrons. The number of benzene rings is 1. The van der Waals surface area contributed by atoms with Gasteiger partial charge in [0.25, 0.3) is 5.69 Å². The summed E-state index contributed by atoms with van der Waals surface area (Å²) in [4.78, 5) is 10.3. The smallest absolute Gasteiger partial charge is 0.271 e. The first-order valence-corrected chi connectivity index (χ1v) is 6.52. The second-order valence-corrected chi connectivity index (χ2v) is 5.13. The molecule has 0 aliphatic carbocycles. The van der Waals surface area contributed by atoms with Crippen molar-refractivity contribution in [2.24, 2.45) is 0 Å². The van der Waals surface area contributed by atoms with Crippen molar-refractivity contribution in [2.45, 2.75) is 44.5 Å². The lowest BCUT2D eigenvalue weighted by molar-refractivity contribution is -0.384. The maximum absolute atomic E-state index is 10.8. The van der Waals surface area contributed by atoms with E-state index >= 15 is 0 Å². The fourth-order valence-electron chi connectivity index (χ4n) is 2.20. The minimum atomic E-state index is -1.36. The molecule has 1 aliphatic rings. The second-order valence-electron chi connectivity index (χ2n) is 5.13. The van der Waals surface area contributed by atoms with E-state index in [1.54, 1.807) is 19.9 Å². The lowest BCUT2D eigenvalue weighted by atomic mass is 9.99. The van der Waals surface area contributed by atoms with Crippen molar-refractivity contribution in [2.75, 3.05) is 5.32 Å². The van der Waals surface area contributed by atoms with Crippen molar-refractivity contribution in [1.29, 1.82) is 0 Å². The van der Waals surface area contributed by atoms with Crippen LogP contribution in [0.4, 0.5) is 11.4 Å². The summed E-state index contributed by atoms with van der Waals surface area (Å²) >= 11 is 0. The number of hydrogen-bond donors (Lipinski definition) is 4. The van der Waals surface area contributed by atoms with Gasteiger partial charge in [-0.3, -0.25) is 10.1 Å². The fourth-order valence-corrected chi connectivity index (χ4v) is 2.20. The molecule has 0 unspecified atom stereocenters. The Bertz CT molecular complexity index is 537. The molecule has 0 spiro atoms. The van der Waals surface area contributed by atoms with E-state index in [2.05, 4.69) is 5.32 Å². The molecule has 1 aromatic carbocycles. The number of aryl methyl sites for hydroxylation is 1. The Balaban J connectivity index is 2.21. The van der Waals surface area contributed by atoms with Crippen molar-refractivity contribution in [3.05, 3.63) is 33.9 Å².